The van der Waals surface area contributed by atoms with Crippen molar-refractivity contribution >= 4 is 16.0 Å². The van der Waals surface area contributed by atoms with Crippen LogP contribution in [0.3, 0.4) is 0 Å². The van der Waals surface area contributed by atoms with Crippen molar-refractivity contribution in [2.75, 3.05) is 6.61 Å². The fraction of sp³-hybridized carbons (Fsp3) is 0.200. The van der Waals surface area contributed by atoms with Crippen molar-refractivity contribution in [3.63, 3.8) is 0 Å². The van der Waals surface area contributed by atoms with E-state index in [4.69, 9.17) is 11.0 Å². The molecule has 2 aromatic carbocycles. The number of nitrogens with zero attached hydrogens (tertiary/aromatic N) is 2. The molecule has 1 heterocycles. The van der Waals surface area contributed by atoms with E-state index in [1.807, 2.05) is 6.92 Å². The summed E-state index contributed by atoms with van der Waals surface area (Å²) < 4.78 is 65.7. The van der Waals surface area contributed by atoms with Crippen LogP contribution in [-0.4, -0.2) is 42.0 Å². The van der Waals surface area contributed by atoms with Gasteiger partial charge in [-0.15, -0.1) is 0 Å². The van der Waals surface area contributed by atoms with Crippen LogP contribution in [-0.2, 0) is 30.7 Å². The highest BCUT2D eigenvalue weighted by Crippen LogP contribution is 2.33. The Labute approximate surface area is 191 Å². The Morgan fingerprint density at radius 2 is 1.79 bits per heavy atom. The number of carbonyl (C=O) groups is 1. The molecule has 14 heteroatoms. The number of carboxylic acids is 1. The van der Waals surface area contributed by atoms with E-state index in [2.05, 4.69) is 14.8 Å². The van der Waals surface area contributed by atoms with Gasteiger partial charge in [0, 0.05) is 5.56 Å². The first kappa shape index (κ1) is 25.3. The van der Waals surface area contributed by atoms with Crippen LogP contribution in [0.5, 0.6) is 0 Å². The predicted molar refractivity (Wildman–Crippen MR) is 112 cm³/mol. The molecule has 0 radical (unpaired) electrons. The van der Waals surface area contributed by atoms with E-state index in [1.165, 1.54) is 12.1 Å². The van der Waals surface area contributed by atoms with Crippen LogP contribution < -0.4 is 10.8 Å². The lowest BCUT2D eigenvalue weighted by Gasteiger charge is -2.12. The fourth-order valence-electron chi connectivity index (χ4n) is 2.82. The van der Waals surface area contributed by atoms with Crippen molar-refractivity contribution in [3.8, 4) is 16.9 Å². The average molecular weight is 500 g/mol. The molecular weight excluding hydrogens is 481 g/mol. The standard InChI is InChI=1S/C20H19F3N4O6S/c1-12-2-4-13(5-3-12)16-10-18(20(21,22)23)25-27(16)14-6-8-15(9-7-14)34(30,31)26-32-11-17(33-24)19(28)29/h2-10,17,26H,11,24H2,1H3,(H,28,29). The summed E-state index contributed by atoms with van der Waals surface area (Å²) in [5, 5.41) is 12.4. The van der Waals surface area contributed by atoms with Gasteiger partial charge < -0.3 is 5.11 Å². The molecule has 3 rings (SSSR count). The Kier molecular flexibility index (Phi) is 7.38. The van der Waals surface area contributed by atoms with Crippen molar-refractivity contribution in [3.05, 3.63) is 65.9 Å². The largest absolute Gasteiger partial charge is 0.479 e. The molecule has 0 saturated carbocycles. The number of carboxylic acid groups (broad SMARTS) is 1. The van der Waals surface area contributed by atoms with E-state index >= 15 is 0 Å². The van der Waals surface area contributed by atoms with Gasteiger partial charge in [-0.2, -0.15) is 18.3 Å². The molecule has 34 heavy (non-hydrogen) atoms. The number of aliphatic carboxylic acids is 1. The number of alkyl halides is 3. The highest BCUT2D eigenvalue weighted by Gasteiger charge is 2.35. The molecule has 0 spiro atoms. The Bertz CT molecular complexity index is 1260. The van der Waals surface area contributed by atoms with Crippen LogP contribution in [0.25, 0.3) is 16.9 Å². The van der Waals surface area contributed by atoms with E-state index < -0.39 is 40.6 Å². The maximum Gasteiger partial charge on any atom is 0.435 e. The van der Waals surface area contributed by atoms with Gasteiger partial charge in [-0.05, 0) is 37.3 Å². The Hall–Kier alpha value is -3.30. The van der Waals surface area contributed by atoms with Gasteiger partial charge in [-0.1, -0.05) is 34.7 Å². The third-order valence-corrected chi connectivity index (χ3v) is 5.81. The molecule has 0 fully saturated rings. The summed E-state index contributed by atoms with van der Waals surface area (Å²) in [5.74, 6) is 3.32. The fourth-order valence-corrected chi connectivity index (χ4v) is 3.63. The number of rotatable bonds is 9. The van der Waals surface area contributed by atoms with Gasteiger partial charge in [0.1, 0.15) is 6.61 Å². The van der Waals surface area contributed by atoms with E-state index in [-0.39, 0.29) is 16.3 Å². The minimum Gasteiger partial charge on any atom is -0.479 e. The highest BCUT2D eigenvalue weighted by molar-refractivity contribution is 7.89. The summed E-state index contributed by atoms with van der Waals surface area (Å²) in [7, 11) is -4.25. The molecule has 1 unspecified atom stereocenters. The summed E-state index contributed by atoms with van der Waals surface area (Å²) >= 11 is 0. The zero-order chi connectivity index (χ0) is 25.1. The van der Waals surface area contributed by atoms with Crippen LogP contribution in [0.1, 0.15) is 11.3 Å². The number of benzene rings is 2. The summed E-state index contributed by atoms with van der Waals surface area (Å²) in [6, 6.07) is 12.5. The SMILES string of the molecule is Cc1ccc(-c2cc(C(F)(F)F)nn2-c2ccc(S(=O)(=O)NOCC(ON)C(=O)O)cc2)cc1. The lowest BCUT2D eigenvalue weighted by molar-refractivity contribution is -0.156. The molecule has 1 aromatic heterocycles. The van der Waals surface area contributed by atoms with Gasteiger partial charge in [-0.25, -0.2) is 23.8 Å². The molecule has 0 aliphatic rings. The van der Waals surface area contributed by atoms with E-state index in [1.54, 1.807) is 29.2 Å². The van der Waals surface area contributed by atoms with Crippen LogP contribution in [0.15, 0.2) is 59.5 Å². The van der Waals surface area contributed by atoms with Crippen molar-refractivity contribution < 1.29 is 41.2 Å². The number of hydrogen-bond acceptors (Lipinski definition) is 7. The van der Waals surface area contributed by atoms with Crippen LogP contribution >= 0.6 is 0 Å². The Balaban J connectivity index is 1.88. The maximum atomic E-state index is 13.3. The zero-order valence-electron chi connectivity index (χ0n) is 17.5. The molecule has 0 aliphatic carbocycles. The number of hydrogen-bond donors (Lipinski definition) is 3. The van der Waals surface area contributed by atoms with Crippen molar-refractivity contribution in [1.82, 2.24) is 14.7 Å². The molecule has 0 aliphatic heterocycles. The third kappa shape index (κ3) is 5.78. The zero-order valence-corrected chi connectivity index (χ0v) is 18.3. The van der Waals surface area contributed by atoms with Gasteiger partial charge in [0.25, 0.3) is 10.0 Å². The summed E-state index contributed by atoms with van der Waals surface area (Å²) in [6.45, 7) is 1.13. The first-order valence-electron chi connectivity index (χ1n) is 9.49. The quantitative estimate of drug-likeness (QED) is 0.380. The smallest absolute Gasteiger partial charge is 0.435 e. The minimum absolute atomic E-state index is 0.158. The van der Waals surface area contributed by atoms with Gasteiger partial charge in [0.15, 0.2) is 5.69 Å². The molecule has 3 aromatic rings. The molecule has 10 nitrogen and oxygen atoms in total. The number of aryl methyl sites for hydroxylation is 1. The molecule has 0 saturated heterocycles. The summed E-state index contributed by atoms with van der Waals surface area (Å²) in [6.07, 6.45) is -6.29. The Morgan fingerprint density at radius 1 is 1.18 bits per heavy atom. The van der Waals surface area contributed by atoms with E-state index in [0.29, 0.717) is 5.56 Å². The van der Waals surface area contributed by atoms with Gasteiger partial charge in [-0.3, -0.25) is 9.68 Å². The molecule has 182 valence electrons. The maximum absolute atomic E-state index is 13.3. The summed E-state index contributed by atoms with van der Waals surface area (Å²) in [4.78, 5) is 21.0. The molecule has 4 N–H and O–H groups in total. The lowest BCUT2D eigenvalue weighted by atomic mass is 10.1. The lowest BCUT2D eigenvalue weighted by Crippen LogP contribution is -2.35. The van der Waals surface area contributed by atoms with Crippen LogP contribution in [0.4, 0.5) is 13.2 Å². The number of halogens is 3. The van der Waals surface area contributed by atoms with Crippen molar-refractivity contribution in [2.24, 2.45) is 5.90 Å². The second kappa shape index (κ2) is 9.90. The van der Waals surface area contributed by atoms with Crippen LogP contribution in [0.2, 0.25) is 0 Å². The summed E-state index contributed by atoms with van der Waals surface area (Å²) in [5.41, 5.74) is 0.627. The van der Waals surface area contributed by atoms with E-state index in [9.17, 15) is 26.4 Å². The van der Waals surface area contributed by atoms with Crippen molar-refractivity contribution in [2.45, 2.75) is 24.1 Å². The van der Waals surface area contributed by atoms with Gasteiger partial charge in [0.2, 0.25) is 6.10 Å². The highest BCUT2D eigenvalue weighted by atomic mass is 32.2. The second-order valence-electron chi connectivity index (χ2n) is 7.05. The van der Waals surface area contributed by atoms with Crippen molar-refractivity contribution in [1.29, 1.82) is 0 Å². The number of aromatic nitrogens is 2. The van der Waals surface area contributed by atoms with Gasteiger partial charge in [0.05, 0.1) is 16.3 Å². The minimum atomic E-state index is -4.68. The monoisotopic (exact) mass is 500 g/mol. The first-order chi connectivity index (χ1) is 15.9. The molecular formula is C20H19F3N4O6S. The average Bonchev–Trinajstić information content (AvgIpc) is 3.23. The number of nitrogens with one attached hydrogen (secondary N) is 1. The first-order valence-corrected chi connectivity index (χ1v) is 11.0. The topological polar surface area (TPSA) is 146 Å². The van der Waals surface area contributed by atoms with Crippen LogP contribution in [0, 0.1) is 6.92 Å². The number of sulfonamides is 1. The molecule has 0 bridgehead atoms. The second-order valence-corrected chi connectivity index (χ2v) is 8.69. The normalized spacial score (nSPS) is 13.1. The Morgan fingerprint density at radius 3 is 2.32 bits per heavy atom. The van der Waals surface area contributed by atoms with Gasteiger partial charge >= 0.3 is 12.1 Å². The predicted octanol–water partition coefficient (Wildman–Crippen LogP) is 2.42. The number of nitrogens with two attached hydrogens (primary N) is 1. The third-order valence-electron chi connectivity index (χ3n) is 4.58. The molecule has 0 amide bonds. The van der Waals surface area contributed by atoms with E-state index in [0.717, 1.165) is 28.4 Å². The molecule has 1 atom stereocenters.